The summed E-state index contributed by atoms with van der Waals surface area (Å²) in [5, 5.41) is 0. The van der Waals surface area contributed by atoms with E-state index in [0.717, 1.165) is 16.8 Å². The molecule has 2 N–H and O–H groups in total. The molecule has 0 aliphatic heterocycles. The lowest BCUT2D eigenvalue weighted by molar-refractivity contribution is 1.45. The fourth-order valence-corrected chi connectivity index (χ4v) is 1.07. The third-order valence-corrected chi connectivity index (χ3v) is 1.67. The lowest BCUT2D eigenvalue weighted by Gasteiger charge is -2.04. The Morgan fingerprint density at radius 1 is 1.45 bits per heavy atom. The fraction of sp³-hybridized carbons (Fsp3) is 0.200. The van der Waals surface area contributed by atoms with E-state index in [2.05, 4.69) is 6.58 Å². The third-order valence-electron chi connectivity index (χ3n) is 1.67. The molecule has 0 radical (unpaired) electrons. The Balaban J connectivity index is 3.20. The Hall–Kier alpha value is -1.24. The molecule has 0 bridgehead atoms. The largest absolute Gasteiger partial charge is 0.398 e. The average molecular weight is 147 g/mol. The summed E-state index contributed by atoms with van der Waals surface area (Å²) in [6, 6.07) is 6.01. The standard InChI is InChI=1S/C10H13N/c1-7(2)9-5-4-8(3)6-10(9)11/h4-6H,1,11H2,2-3H3. The Morgan fingerprint density at radius 2 is 2.09 bits per heavy atom. The molecule has 0 aromatic heterocycles. The number of hydrogen-bond donors (Lipinski definition) is 1. The zero-order chi connectivity index (χ0) is 8.43. The number of aryl methyl sites for hydroxylation is 1. The molecule has 0 fully saturated rings. The minimum Gasteiger partial charge on any atom is -0.398 e. The summed E-state index contributed by atoms with van der Waals surface area (Å²) < 4.78 is 0. The number of allylic oxidation sites excluding steroid dienone is 1. The van der Waals surface area contributed by atoms with Crippen LogP contribution in [-0.4, -0.2) is 0 Å². The highest BCUT2D eigenvalue weighted by atomic mass is 14.6. The van der Waals surface area contributed by atoms with Gasteiger partial charge in [-0.3, -0.25) is 0 Å². The molecule has 0 unspecified atom stereocenters. The van der Waals surface area contributed by atoms with E-state index in [9.17, 15) is 0 Å². The van der Waals surface area contributed by atoms with Gasteiger partial charge in [0.2, 0.25) is 0 Å². The first-order chi connectivity index (χ1) is 5.11. The predicted molar refractivity (Wildman–Crippen MR) is 50.3 cm³/mol. The highest BCUT2D eigenvalue weighted by Gasteiger charge is 1.97. The fourth-order valence-electron chi connectivity index (χ4n) is 1.07. The topological polar surface area (TPSA) is 26.0 Å². The van der Waals surface area contributed by atoms with Gasteiger partial charge in [0, 0.05) is 5.69 Å². The molecule has 0 aliphatic rings. The first-order valence-electron chi connectivity index (χ1n) is 3.63. The number of rotatable bonds is 1. The van der Waals surface area contributed by atoms with Gasteiger partial charge in [0.25, 0.3) is 0 Å². The molecular formula is C10H13N. The Bertz CT molecular complexity index is 287. The van der Waals surface area contributed by atoms with E-state index in [4.69, 9.17) is 5.73 Å². The number of nitrogens with two attached hydrogens (primary N) is 1. The summed E-state index contributed by atoms with van der Waals surface area (Å²) in [5.74, 6) is 0. The lowest BCUT2D eigenvalue weighted by Crippen LogP contribution is -1.91. The highest BCUT2D eigenvalue weighted by molar-refractivity contribution is 5.72. The minimum atomic E-state index is 0.817. The van der Waals surface area contributed by atoms with Crippen LogP contribution < -0.4 is 5.73 Å². The van der Waals surface area contributed by atoms with E-state index in [1.165, 1.54) is 5.56 Å². The number of benzene rings is 1. The van der Waals surface area contributed by atoms with E-state index in [-0.39, 0.29) is 0 Å². The van der Waals surface area contributed by atoms with Gasteiger partial charge in [-0.25, -0.2) is 0 Å². The molecule has 0 spiro atoms. The molecule has 0 saturated carbocycles. The summed E-state index contributed by atoms with van der Waals surface area (Å²) in [7, 11) is 0. The Kier molecular flexibility index (Phi) is 1.99. The van der Waals surface area contributed by atoms with Crippen molar-refractivity contribution in [3.05, 3.63) is 35.9 Å². The van der Waals surface area contributed by atoms with Crippen molar-refractivity contribution < 1.29 is 0 Å². The van der Waals surface area contributed by atoms with E-state index >= 15 is 0 Å². The first kappa shape index (κ1) is 7.86. The van der Waals surface area contributed by atoms with Crippen molar-refractivity contribution in [2.75, 3.05) is 5.73 Å². The van der Waals surface area contributed by atoms with Crippen molar-refractivity contribution in [2.45, 2.75) is 13.8 Å². The summed E-state index contributed by atoms with van der Waals surface area (Å²) in [5.41, 5.74) is 9.83. The van der Waals surface area contributed by atoms with Crippen LogP contribution in [0.3, 0.4) is 0 Å². The maximum atomic E-state index is 5.76. The Labute approximate surface area is 67.5 Å². The maximum Gasteiger partial charge on any atom is 0.0392 e. The summed E-state index contributed by atoms with van der Waals surface area (Å²) in [6.45, 7) is 7.82. The molecule has 0 amide bonds. The SMILES string of the molecule is C=C(C)c1ccc(C)cc1N. The van der Waals surface area contributed by atoms with Gasteiger partial charge in [0.1, 0.15) is 0 Å². The Morgan fingerprint density at radius 3 is 2.55 bits per heavy atom. The van der Waals surface area contributed by atoms with Crippen LogP contribution in [0.2, 0.25) is 0 Å². The van der Waals surface area contributed by atoms with Crippen molar-refractivity contribution in [1.29, 1.82) is 0 Å². The molecular weight excluding hydrogens is 134 g/mol. The molecule has 1 nitrogen and oxygen atoms in total. The van der Waals surface area contributed by atoms with Crippen molar-refractivity contribution in [2.24, 2.45) is 0 Å². The molecule has 1 aromatic carbocycles. The van der Waals surface area contributed by atoms with E-state index in [1.54, 1.807) is 0 Å². The molecule has 0 saturated heterocycles. The highest BCUT2D eigenvalue weighted by Crippen LogP contribution is 2.20. The lowest BCUT2D eigenvalue weighted by atomic mass is 10.1. The number of anilines is 1. The average Bonchev–Trinajstić information content (AvgIpc) is 1.85. The first-order valence-corrected chi connectivity index (χ1v) is 3.63. The van der Waals surface area contributed by atoms with E-state index < -0.39 is 0 Å². The van der Waals surface area contributed by atoms with Crippen LogP contribution in [0.5, 0.6) is 0 Å². The van der Waals surface area contributed by atoms with E-state index in [1.807, 2.05) is 32.0 Å². The van der Waals surface area contributed by atoms with Crippen molar-refractivity contribution >= 4 is 11.3 Å². The second-order valence-corrected chi connectivity index (χ2v) is 2.87. The van der Waals surface area contributed by atoms with E-state index in [0.29, 0.717) is 0 Å². The molecule has 0 aliphatic carbocycles. The quantitative estimate of drug-likeness (QED) is 0.607. The molecule has 0 heterocycles. The zero-order valence-corrected chi connectivity index (χ0v) is 7.02. The smallest absolute Gasteiger partial charge is 0.0392 e. The number of hydrogen-bond acceptors (Lipinski definition) is 1. The van der Waals surface area contributed by atoms with Crippen LogP contribution in [-0.2, 0) is 0 Å². The molecule has 0 atom stereocenters. The van der Waals surface area contributed by atoms with Crippen molar-refractivity contribution in [3.8, 4) is 0 Å². The normalized spacial score (nSPS) is 9.64. The van der Waals surface area contributed by atoms with Gasteiger partial charge in [0.15, 0.2) is 0 Å². The van der Waals surface area contributed by atoms with Crippen LogP contribution >= 0.6 is 0 Å². The van der Waals surface area contributed by atoms with Gasteiger partial charge in [-0.2, -0.15) is 0 Å². The predicted octanol–water partition coefficient (Wildman–Crippen LogP) is 2.61. The summed E-state index contributed by atoms with van der Waals surface area (Å²) >= 11 is 0. The van der Waals surface area contributed by atoms with Crippen LogP contribution in [0.4, 0.5) is 5.69 Å². The number of nitrogen functional groups attached to an aromatic ring is 1. The zero-order valence-electron chi connectivity index (χ0n) is 7.02. The van der Waals surface area contributed by atoms with Gasteiger partial charge >= 0.3 is 0 Å². The second-order valence-electron chi connectivity index (χ2n) is 2.87. The van der Waals surface area contributed by atoms with Gasteiger partial charge in [0.05, 0.1) is 0 Å². The van der Waals surface area contributed by atoms with Crippen LogP contribution in [0.25, 0.3) is 5.57 Å². The molecule has 11 heavy (non-hydrogen) atoms. The monoisotopic (exact) mass is 147 g/mol. The van der Waals surface area contributed by atoms with Gasteiger partial charge in [-0.1, -0.05) is 18.7 Å². The minimum absolute atomic E-state index is 0.817. The van der Waals surface area contributed by atoms with Gasteiger partial charge < -0.3 is 5.73 Å². The summed E-state index contributed by atoms with van der Waals surface area (Å²) in [4.78, 5) is 0. The molecule has 1 heteroatoms. The van der Waals surface area contributed by atoms with Crippen LogP contribution in [0.15, 0.2) is 24.8 Å². The molecule has 1 rings (SSSR count). The summed E-state index contributed by atoms with van der Waals surface area (Å²) in [6.07, 6.45) is 0. The maximum absolute atomic E-state index is 5.76. The van der Waals surface area contributed by atoms with Crippen LogP contribution in [0.1, 0.15) is 18.1 Å². The third kappa shape index (κ3) is 1.61. The van der Waals surface area contributed by atoms with Gasteiger partial charge in [-0.15, -0.1) is 0 Å². The van der Waals surface area contributed by atoms with Crippen molar-refractivity contribution in [3.63, 3.8) is 0 Å². The molecule has 1 aromatic rings. The second kappa shape index (κ2) is 2.79. The van der Waals surface area contributed by atoms with Crippen LogP contribution in [0, 0.1) is 6.92 Å². The van der Waals surface area contributed by atoms with Gasteiger partial charge in [-0.05, 0) is 36.6 Å². The molecule has 58 valence electrons. The van der Waals surface area contributed by atoms with Crippen molar-refractivity contribution in [1.82, 2.24) is 0 Å².